The number of benzene rings is 2. The number of nitrogens with one attached hydrogen (secondary N) is 2. The van der Waals surface area contributed by atoms with Gasteiger partial charge in [-0.2, -0.15) is 5.10 Å². The molecule has 2 aromatic carbocycles. The van der Waals surface area contributed by atoms with Crippen LogP contribution in [0.25, 0.3) is 11.0 Å². The molecule has 4 rings (SSSR count). The van der Waals surface area contributed by atoms with Gasteiger partial charge in [-0.25, -0.2) is 9.97 Å². The van der Waals surface area contributed by atoms with Crippen molar-refractivity contribution in [1.82, 2.24) is 20.2 Å². The van der Waals surface area contributed by atoms with Crippen molar-refractivity contribution < 1.29 is 9.90 Å². The van der Waals surface area contributed by atoms with Gasteiger partial charge in [0, 0.05) is 17.0 Å². The van der Waals surface area contributed by atoms with Crippen molar-refractivity contribution in [2.24, 2.45) is 0 Å². The van der Waals surface area contributed by atoms with Gasteiger partial charge in [0.05, 0.1) is 16.1 Å². The highest BCUT2D eigenvalue weighted by Crippen LogP contribution is 2.28. The van der Waals surface area contributed by atoms with Crippen LogP contribution in [0.4, 0.5) is 5.69 Å². The van der Waals surface area contributed by atoms with E-state index >= 15 is 0 Å². The summed E-state index contributed by atoms with van der Waals surface area (Å²) >= 11 is 4.80. The first-order chi connectivity index (χ1) is 13.6. The summed E-state index contributed by atoms with van der Waals surface area (Å²) in [6.07, 6.45) is 3.22. The van der Waals surface area contributed by atoms with Crippen molar-refractivity contribution in [1.29, 1.82) is 0 Å². The van der Waals surface area contributed by atoms with Crippen LogP contribution in [0.15, 0.2) is 64.5 Å². The molecule has 0 unspecified atom stereocenters. The number of phenols is 1. The normalized spacial score (nSPS) is 10.9. The standard InChI is InChI=1S/C19H14BrN5O2S/c20-15-7-12(4-5-16(15)26)18(27)24-13-3-1-2-11(6-13)9-28-19-14-8-23-25-17(14)21-10-22-19/h1-8,10,26H,9H2,(H,24,27)(H,21,22,23,25). The maximum absolute atomic E-state index is 12.4. The summed E-state index contributed by atoms with van der Waals surface area (Å²) in [5, 5.41) is 21.0. The highest BCUT2D eigenvalue weighted by Gasteiger charge is 2.10. The number of phenolic OH excluding ortho intramolecular Hbond substituents is 1. The lowest BCUT2D eigenvalue weighted by Crippen LogP contribution is -2.11. The first-order valence-electron chi connectivity index (χ1n) is 8.26. The Kier molecular flexibility index (Phi) is 5.27. The van der Waals surface area contributed by atoms with Crippen molar-refractivity contribution in [2.45, 2.75) is 10.8 Å². The van der Waals surface area contributed by atoms with Crippen molar-refractivity contribution >= 4 is 50.3 Å². The Balaban J connectivity index is 1.46. The minimum atomic E-state index is -0.249. The van der Waals surface area contributed by atoms with E-state index in [1.54, 1.807) is 30.1 Å². The first-order valence-corrected chi connectivity index (χ1v) is 10.0. The number of aromatic amines is 1. The fourth-order valence-corrected chi connectivity index (χ4v) is 3.89. The maximum Gasteiger partial charge on any atom is 0.255 e. The Morgan fingerprint density at radius 3 is 2.96 bits per heavy atom. The number of carbonyl (C=O) groups is 1. The molecular weight excluding hydrogens is 442 g/mol. The molecule has 7 nitrogen and oxygen atoms in total. The quantitative estimate of drug-likeness (QED) is 0.305. The number of hydrogen-bond donors (Lipinski definition) is 3. The Labute approximate surface area is 172 Å². The highest BCUT2D eigenvalue weighted by molar-refractivity contribution is 9.10. The molecule has 0 saturated heterocycles. The van der Waals surface area contributed by atoms with Crippen LogP contribution >= 0.6 is 27.7 Å². The predicted octanol–water partition coefficient (Wildman–Crippen LogP) is 4.37. The molecule has 140 valence electrons. The van der Waals surface area contributed by atoms with Crippen LogP contribution in [0.1, 0.15) is 15.9 Å². The van der Waals surface area contributed by atoms with Crippen molar-refractivity contribution in [3.63, 3.8) is 0 Å². The Morgan fingerprint density at radius 1 is 1.21 bits per heavy atom. The van der Waals surface area contributed by atoms with Gasteiger partial charge in [0.1, 0.15) is 17.1 Å². The molecule has 0 fully saturated rings. The molecule has 0 aliphatic carbocycles. The average Bonchev–Trinajstić information content (AvgIpc) is 3.18. The molecule has 0 saturated carbocycles. The number of carbonyl (C=O) groups excluding carboxylic acids is 1. The number of H-pyrrole nitrogens is 1. The van der Waals surface area contributed by atoms with Gasteiger partial charge in [-0.1, -0.05) is 12.1 Å². The molecule has 0 aliphatic rings. The number of amides is 1. The van der Waals surface area contributed by atoms with Gasteiger partial charge in [0.15, 0.2) is 5.65 Å². The summed E-state index contributed by atoms with van der Waals surface area (Å²) < 4.78 is 0.473. The van der Waals surface area contributed by atoms with Crippen LogP contribution in [0.5, 0.6) is 5.75 Å². The van der Waals surface area contributed by atoms with Crippen LogP contribution < -0.4 is 5.32 Å². The van der Waals surface area contributed by atoms with Crippen molar-refractivity contribution in [3.8, 4) is 5.75 Å². The lowest BCUT2D eigenvalue weighted by atomic mass is 10.2. The fraction of sp³-hybridized carbons (Fsp3) is 0.0526. The van der Waals surface area contributed by atoms with E-state index in [1.165, 1.54) is 12.4 Å². The van der Waals surface area contributed by atoms with E-state index in [4.69, 9.17) is 0 Å². The van der Waals surface area contributed by atoms with Crippen LogP contribution in [0.2, 0.25) is 0 Å². The maximum atomic E-state index is 12.4. The fourth-order valence-electron chi connectivity index (χ4n) is 2.60. The molecule has 0 bridgehead atoms. The van der Waals surface area contributed by atoms with Crippen molar-refractivity contribution in [2.75, 3.05) is 5.32 Å². The van der Waals surface area contributed by atoms with E-state index in [2.05, 4.69) is 41.4 Å². The minimum absolute atomic E-state index is 0.0898. The van der Waals surface area contributed by atoms with Gasteiger partial charge in [-0.15, -0.1) is 11.8 Å². The molecular formula is C19H14BrN5O2S. The third kappa shape index (κ3) is 4.00. The highest BCUT2D eigenvalue weighted by atomic mass is 79.9. The lowest BCUT2D eigenvalue weighted by Gasteiger charge is -2.08. The first kappa shape index (κ1) is 18.5. The van der Waals surface area contributed by atoms with Crippen LogP contribution in [-0.2, 0) is 5.75 Å². The van der Waals surface area contributed by atoms with E-state index in [0.29, 0.717) is 27.1 Å². The monoisotopic (exact) mass is 455 g/mol. The molecule has 2 heterocycles. The number of fused-ring (bicyclic) bond motifs is 1. The van der Waals surface area contributed by atoms with Crippen molar-refractivity contribution in [3.05, 3.63) is 70.6 Å². The summed E-state index contributed by atoms with van der Waals surface area (Å²) in [6, 6.07) is 12.3. The second-order valence-corrected chi connectivity index (χ2v) is 7.74. The van der Waals surface area contributed by atoms with Crippen LogP contribution in [0, 0.1) is 0 Å². The summed E-state index contributed by atoms with van der Waals surface area (Å²) in [5.74, 6) is 0.527. The number of thioether (sulfide) groups is 1. The zero-order valence-electron chi connectivity index (χ0n) is 14.4. The van der Waals surface area contributed by atoms with Gasteiger partial charge >= 0.3 is 0 Å². The number of anilines is 1. The van der Waals surface area contributed by atoms with E-state index in [0.717, 1.165) is 16.0 Å². The average molecular weight is 456 g/mol. The minimum Gasteiger partial charge on any atom is -0.507 e. The number of hydrogen-bond acceptors (Lipinski definition) is 6. The number of aromatic nitrogens is 4. The molecule has 1 amide bonds. The summed E-state index contributed by atoms with van der Waals surface area (Å²) in [5.41, 5.74) is 2.90. The summed E-state index contributed by atoms with van der Waals surface area (Å²) in [4.78, 5) is 20.9. The van der Waals surface area contributed by atoms with Crippen LogP contribution in [-0.4, -0.2) is 31.2 Å². The topological polar surface area (TPSA) is 104 Å². The summed E-state index contributed by atoms with van der Waals surface area (Å²) in [6.45, 7) is 0. The zero-order chi connectivity index (χ0) is 19.5. The van der Waals surface area contributed by atoms with E-state index < -0.39 is 0 Å². The Hall–Kier alpha value is -2.91. The second kappa shape index (κ2) is 7.99. The molecule has 4 aromatic rings. The van der Waals surface area contributed by atoms with Gasteiger partial charge in [-0.3, -0.25) is 9.89 Å². The van der Waals surface area contributed by atoms with E-state index in [-0.39, 0.29) is 11.7 Å². The zero-order valence-corrected chi connectivity index (χ0v) is 16.8. The van der Waals surface area contributed by atoms with Gasteiger partial charge < -0.3 is 10.4 Å². The smallest absolute Gasteiger partial charge is 0.255 e. The number of aromatic hydroxyl groups is 1. The molecule has 2 aromatic heterocycles. The Morgan fingerprint density at radius 2 is 2.11 bits per heavy atom. The largest absolute Gasteiger partial charge is 0.507 e. The Bertz CT molecular complexity index is 1160. The number of halogens is 1. The number of nitrogens with zero attached hydrogens (tertiary/aromatic N) is 3. The molecule has 9 heteroatoms. The van der Waals surface area contributed by atoms with E-state index in [9.17, 15) is 9.90 Å². The molecule has 0 aliphatic heterocycles. The number of rotatable bonds is 5. The van der Waals surface area contributed by atoms with Gasteiger partial charge in [0.2, 0.25) is 0 Å². The molecule has 3 N–H and O–H groups in total. The second-order valence-electron chi connectivity index (χ2n) is 5.92. The molecule has 0 spiro atoms. The van der Waals surface area contributed by atoms with Crippen LogP contribution in [0.3, 0.4) is 0 Å². The molecule has 28 heavy (non-hydrogen) atoms. The van der Waals surface area contributed by atoms with Gasteiger partial charge in [-0.05, 0) is 51.8 Å². The van der Waals surface area contributed by atoms with Gasteiger partial charge in [0.25, 0.3) is 5.91 Å². The van der Waals surface area contributed by atoms with E-state index in [1.807, 2.05) is 24.3 Å². The summed E-state index contributed by atoms with van der Waals surface area (Å²) in [7, 11) is 0. The third-order valence-electron chi connectivity index (χ3n) is 3.98. The third-order valence-corrected chi connectivity index (χ3v) is 5.69. The molecule has 0 radical (unpaired) electrons. The lowest BCUT2D eigenvalue weighted by molar-refractivity contribution is 0.102. The molecule has 0 atom stereocenters. The SMILES string of the molecule is O=C(Nc1cccc(CSc2ncnc3[nH]ncc23)c1)c1ccc(O)c(Br)c1. The predicted molar refractivity (Wildman–Crippen MR) is 111 cm³/mol.